The average molecular weight is 229 g/mol. The van der Waals surface area contributed by atoms with Crippen LogP contribution in [0.25, 0.3) is 0 Å². The highest BCUT2D eigenvalue weighted by Gasteiger charge is 2.06. The Bertz CT molecular complexity index is 365. The molecular weight excluding hydrogens is 219 g/mol. The maximum Gasteiger partial charge on any atom is 0.0742 e. The molecule has 0 aliphatic heterocycles. The Hall–Kier alpha value is -0.680. The molecular formula is C11H10Cl2O. The topological polar surface area (TPSA) is 9.23 Å². The van der Waals surface area contributed by atoms with Crippen molar-refractivity contribution >= 4 is 23.2 Å². The molecule has 0 N–H and O–H groups in total. The van der Waals surface area contributed by atoms with Gasteiger partial charge in [0.1, 0.15) is 0 Å². The first-order chi connectivity index (χ1) is 6.69. The molecule has 0 saturated carbocycles. The number of benzene rings is 1. The Morgan fingerprint density at radius 3 is 2.29 bits per heavy atom. The summed E-state index contributed by atoms with van der Waals surface area (Å²) >= 11 is 12.0. The van der Waals surface area contributed by atoms with E-state index in [-0.39, 0.29) is 0 Å². The summed E-state index contributed by atoms with van der Waals surface area (Å²) < 4.78 is 4.98. The minimum atomic E-state index is 0.414. The van der Waals surface area contributed by atoms with E-state index in [1.807, 2.05) is 0 Å². The first kappa shape index (κ1) is 11.4. The molecule has 0 atom stereocenters. The molecule has 0 spiro atoms. The van der Waals surface area contributed by atoms with Crippen LogP contribution < -0.4 is 0 Å². The molecule has 0 unspecified atom stereocenters. The van der Waals surface area contributed by atoms with Gasteiger partial charge in [-0.25, -0.2) is 0 Å². The molecule has 1 aromatic carbocycles. The van der Waals surface area contributed by atoms with E-state index in [1.165, 1.54) is 0 Å². The Balaban J connectivity index is 3.15. The summed E-state index contributed by atoms with van der Waals surface area (Å²) in [5.74, 6) is 5.69. The van der Waals surface area contributed by atoms with Crippen molar-refractivity contribution in [2.45, 2.75) is 13.5 Å². The Morgan fingerprint density at radius 2 is 1.86 bits per heavy atom. The maximum absolute atomic E-state index is 6.02. The van der Waals surface area contributed by atoms with Gasteiger partial charge < -0.3 is 4.74 Å². The lowest BCUT2D eigenvalue weighted by atomic mass is 10.1. The van der Waals surface area contributed by atoms with Gasteiger partial charge in [-0.1, -0.05) is 29.1 Å². The highest BCUT2D eigenvalue weighted by Crippen LogP contribution is 2.26. The van der Waals surface area contributed by atoms with Crippen LogP contribution in [0.2, 0.25) is 10.0 Å². The second-order valence-electron chi connectivity index (χ2n) is 2.73. The molecule has 0 radical (unpaired) electrons. The second-order valence-corrected chi connectivity index (χ2v) is 3.54. The summed E-state index contributed by atoms with van der Waals surface area (Å²) in [4.78, 5) is 0. The predicted octanol–water partition coefficient (Wildman–Crippen LogP) is 3.51. The third kappa shape index (κ3) is 2.65. The zero-order valence-electron chi connectivity index (χ0n) is 8.03. The summed E-state index contributed by atoms with van der Waals surface area (Å²) in [6, 6.07) is 3.58. The van der Waals surface area contributed by atoms with Gasteiger partial charge in [-0.3, -0.25) is 0 Å². The van der Waals surface area contributed by atoms with Crippen molar-refractivity contribution in [3.63, 3.8) is 0 Å². The largest absolute Gasteiger partial charge is 0.380 e. The van der Waals surface area contributed by atoms with Gasteiger partial charge in [-0.15, -0.1) is 5.92 Å². The summed E-state index contributed by atoms with van der Waals surface area (Å²) in [5.41, 5.74) is 1.62. The van der Waals surface area contributed by atoms with Crippen LogP contribution in [0.5, 0.6) is 0 Å². The molecule has 0 bridgehead atoms. The van der Waals surface area contributed by atoms with Crippen LogP contribution in [0.15, 0.2) is 12.1 Å². The number of rotatable bonds is 2. The number of ether oxygens (including phenoxy) is 1. The molecule has 0 heterocycles. The minimum Gasteiger partial charge on any atom is -0.380 e. The van der Waals surface area contributed by atoms with Crippen LogP contribution in [0.4, 0.5) is 0 Å². The molecule has 0 saturated heterocycles. The van der Waals surface area contributed by atoms with Crippen LogP contribution in [-0.2, 0) is 11.3 Å². The molecule has 0 fully saturated rings. The van der Waals surface area contributed by atoms with E-state index in [0.717, 1.165) is 11.1 Å². The fraction of sp³-hybridized carbons (Fsp3) is 0.273. The molecule has 74 valence electrons. The van der Waals surface area contributed by atoms with E-state index >= 15 is 0 Å². The third-order valence-electron chi connectivity index (χ3n) is 1.70. The lowest BCUT2D eigenvalue weighted by Gasteiger charge is -2.06. The van der Waals surface area contributed by atoms with Crippen molar-refractivity contribution in [1.82, 2.24) is 0 Å². The van der Waals surface area contributed by atoms with Gasteiger partial charge in [0, 0.05) is 28.3 Å². The molecule has 0 aliphatic rings. The van der Waals surface area contributed by atoms with Gasteiger partial charge in [0.15, 0.2) is 0 Å². The van der Waals surface area contributed by atoms with Crippen LogP contribution in [0, 0.1) is 11.8 Å². The third-order valence-corrected chi connectivity index (χ3v) is 2.37. The van der Waals surface area contributed by atoms with Crippen molar-refractivity contribution in [3.8, 4) is 11.8 Å². The zero-order valence-corrected chi connectivity index (χ0v) is 9.54. The smallest absolute Gasteiger partial charge is 0.0742 e. The first-order valence-corrected chi connectivity index (χ1v) is 4.84. The summed E-state index contributed by atoms with van der Waals surface area (Å²) in [5, 5.41) is 1.19. The predicted molar refractivity (Wildman–Crippen MR) is 59.7 cm³/mol. The van der Waals surface area contributed by atoms with Crippen molar-refractivity contribution in [3.05, 3.63) is 33.3 Å². The highest BCUT2D eigenvalue weighted by molar-refractivity contribution is 6.36. The summed E-state index contributed by atoms with van der Waals surface area (Å²) in [6.07, 6.45) is 0. The molecule has 1 nitrogen and oxygen atoms in total. The van der Waals surface area contributed by atoms with E-state index in [0.29, 0.717) is 16.7 Å². The number of halogens is 2. The fourth-order valence-corrected chi connectivity index (χ4v) is 1.70. The Kier molecular flexibility index (Phi) is 4.28. The van der Waals surface area contributed by atoms with Gasteiger partial charge in [0.25, 0.3) is 0 Å². The molecule has 1 rings (SSSR count). The van der Waals surface area contributed by atoms with E-state index < -0.39 is 0 Å². The quantitative estimate of drug-likeness (QED) is 0.705. The molecule has 0 amide bonds. The highest BCUT2D eigenvalue weighted by atomic mass is 35.5. The van der Waals surface area contributed by atoms with E-state index in [9.17, 15) is 0 Å². The molecule has 0 aliphatic carbocycles. The Morgan fingerprint density at radius 1 is 1.29 bits per heavy atom. The molecule has 3 heteroatoms. The van der Waals surface area contributed by atoms with Crippen LogP contribution >= 0.6 is 23.2 Å². The van der Waals surface area contributed by atoms with Crippen LogP contribution in [-0.4, -0.2) is 7.11 Å². The van der Waals surface area contributed by atoms with Gasteiger partial charge in [0.2, 0.25) is 0 Å². The number of hydrogen-bond donors (Lipinski definition) is 0. The van der Waals surface area contributed by atoms with Gasteiger partial charge in [0.05, 0.1) is 6.61 Å². The second kappa shape index (κ2) is 5.26. The van der Waals surface area contributed by atoms with E-state index in [1.54, 1.807) is 26.2 Å². The lowest BCUT2D eigenvalue weighted by molar-refractivity contribution is 0.185. The normalized spacial score (nSPS) is 9.43. The van der Waals surface area contributed by atoms with Gasteiger partial charge in [-0.05, 0) is 19.1 Å². The summed E-state index contributed by atoms with van der Waals surface area (Å²) in [6.45, 7) is 2.18. The standard InChI is InChI=1S/C11H10Cl2O/c1-3-4-8-5-10(12)9(7-14-2)11(13)6-8/h5-6H,7H2,1-2H3. The molecule has 1 aromatic rings. The lowest BCUT2D eigenvalue weighted by Crippen LogP contribution is -1.91. The SMILES string of the molecule is CC#Cc1cc(Cl)c(COC)c(Cl)c1. The monoisotopic (exact) mass is 228 g/mol. The number of methoxy groups -OCH3 is 1. The van der Waals surface area contributed by atoms with Crippen molar-refractivity contribution in [1.29, 1.82) is 0 Å². The molecule has 0 aromatic heterocycles. The van der Waals surface area contributed by atoms with Crippen molar-refractivity contribution < 1.29 is 4.74 Å². The first-order valence-electron chi connectivity index (χ1n) is 4.08. The summed E-state index contributed by atoms with van der Waals surface area (Å²) in [7, 11) is 1.60. The fourth-order valence-electron chi connectivity index (χ4n) is 1.10. The maximum atomic E-state index is 6.02. The van der Waals surface area contributed by atoms with Crippen molar-refractivity contribution in [2.24, 2.45) is 0 Å². The van der Waals surface area contributed by atoms with E-state index in [2.05, 4.69) is 11.8 Å². The van der Waals surface area contributed by atoms with Crippen LogP contribution in [0.3, 0.4) is 0 Å². The zero-order chi connectivity index (χ0) is 10.6. The number of hydrogen-bond acceptors (Lipinski definition) is 1. The van der Waals surface area contributed by atoms with Gasteiger partial charge in [-0.2, -0.15) is 0 Å². The molecule has 14 heavy (non-hydrogen) atoms. The van der Waals surface area contributed by atoms with Gasteiger partial charge >= 0.3 is 0 Å². The average Bonchev–Trinajstić information content (AvgIpc) is 2.12. The Labute approximate surface area is 94.0 Å². The minimum absolute atomic E-state index is 0.414. The van der Waals surface area contributed by atoms with Crippen LogP contribution in [0.1, 0.15) is 18.1 Å². The van der Waals surface area contributed by atoms with E-state index in [4.69, 9.17) is 27.9 Å². The van der Waals surface area contributed by atoms with Crippen molar-refractivity contribution in [2.75, 3.05) is 7.11 Å².